The lowest BCUT2D eigenvalue weighted by Crippen LogP contribution is -2.31. The summed E-state index contributed by atoms with van der Waals surface area (Å²) in [5.41, 5.74) is 1.49. The van der Waals surface area contributed by atoms with Crippen molar-refractivity contribution in [1.29, 1.82) is 0 Å². The van der Waals surface area contributed by atoms with E-state index in [-0.39, 0.29) is 11.4 Å². The number of nitrogens with one attached hydrogen (secondary N) is 1. The van der Waals surface area contributed by atoms with E-state index in [2.05, 4.69) is 29.9 Å². The third-order valence-electron chi connectivity index (χ3n) is 5.54. The Balaban J connectivity index is 1.24. The Bertz CT molecular complexity index is 1180. The Morgan fingerprint density at radius 1 is 0.969 bits per heavy atom. The van der Waals surface area contributed by atoms with Gasteiger partial charge in [-0.05, 0) is 30.7 Å². The van der Waals surface area contributed by atoms with Gasteiger partial charge in [-0.3, -0.25) is 4.90 Å². The van der Waals surface area contributed by atoms with E-state index in [9.17, 15) is 13.2 Å². The summed E-state index contributed by atoms with van der Waals surface area (Å²) < 4.78 is 44.2. The van der Waals surface area contributed by atoms with E-state index in [0.717, 1.165) is 61.7 Å². The fraction of sp³-hybridized carbons (Fsp3) is 0.318. The number of benzene rings is 2. The van der Waals surface area contributed by atoms with Crippen molar-refractivity contribution in [3.05, 3.63) is 60.0 Å². The van der Waals surface area contributed by atoms with E-state index < -0.39 is 11.7 Å². The summed E-state index contributed by atoms with van der Waals surface area (Å²) in [5.74, 6) is 1.40. The number of aromatic nitrogens is 4. The number of alkyl halides is 3. The first-order valence-corrected chi connectivity index (χ1v) is 10.4. The second kappa shape index (κ2) is 8.27. The molecule has 1 aliphatic heterocycles. The minimum Gasteiger partial charge on any atom is -0.341 e. The number of hydrogen-bond donors (Lipinski definition) is 1. The quantitative estimate of drug-likeness (QED) is 0.507. The zero-order valence-corrected chi connectivity index (χ0v) is 17.1. The Hall–Kier alpha value is -3.40. The molecule has 0 bridgehead atoms. The average Bonchev–Trinajstić information content (AvgIpc) is 3.36. The molecule has 0 saturated carbocycles. The molecular formula is C22H21F3N6O. The fourth-order valence-corrected chi connectivity index (χ4v) is 3.89. The zero-order valence-electron chi connectivity index (χ0n) is 17.1. The summed E-state index contributed by atoms with van der Waals surface area (Å²) in [7, 11) is 0. The predicted molar refractivity (Wildman–Crippen MR) is 113 cm³/mol. The highest BCUT2D eigenvalue weighted by atomic mass is 19.4. The number of halogens is 3. The number of hydrogen-bond acceptors (Lipinski definition) is 6. The number of rotatable bonds is 4. The molecule has 0 amide bonds. The van der Waals surface area contributed by atoms with E-state index in [4.69, 9.17) is 4.52 Å². The van der Waals surface area contributed by atoms with Gasteiger partial charge in [0.05, 0.1) is 23.1 Å². The Kier molecular flexibility index (Phi) is 5.30. The lowest BCUT2D eigenvalue weighted by Gasteiger charge is -2.20. The molecule has 0 spiro atoms. The van der Waals surface area contributed by atoms with Crippen molar-refractivity contribution >= 4 is 17.0 Å². The first-order valence-electron chi connectivity index (χ1n) is 10.4. The average molecular weight is 442 g/mol. The SMILES string of the molecule is FC(F)(F)c1cccc(-c2noc(CN3CCCN(c4nc5ccccc5[nH]4)CC3)n2)c1. The molecule has 1 aliphatic rings. The van der Waals surface area contributed by atoms with Gasteiger partial charge in [0.15, 0.2) is 0 Å². The first kappa shape index (κ1) is 20.5. The standard InChI is InChI=1S/C22H21F3N6O/c23-22(24,25)16-6-3-5-15(13-16)20-28-19(32-29-20)14-30-9-4-10-31(12-11-30)21-26-17-7-1-2-8-18(17)27-21/h1-3,5-8,13H,4,9-12,14H2,(H,26,27). The van der Waals surface area contributed by atoms with Crippen LogP contribution in [0, 0.1) is 0 Å². The van der Waals surface area contributed by atoms with Gasteiger partial charge in [-0.25, -0.2) is 4.98 Å². The van der Waals surface area contributed by atoms with Crippen LogP contribution in [0.5, 0.6) is 0 Å². The smallest absolute Gasteiger partial charge is 0.341 e. The monoisotopic (exact) mass is 442 g/mol. The van der Waals surface area contributed by atoms with E-state index in [1.807, 2.05) is 24.3 Å². The van der Waals surface area contributed by atoms with Crippen LogP contribution in [0.25, 0.3) is 22.4 Å². The summed E-state index contributed by atoms with van der Waals surface area (Å²) in [6.07, 6.45) is -3.48. The van der Waals surface area contributed by atoms with Gasteiger partial charge in [-0.15, -0.1) is 0 Å². The van der Waals surface area contributed by atoms with Crippen LogP contribution in [-0.2, 0) is 12.7 Å². The van der Waals surface area contributed by atoms with Crippen LogP contribution in [0.15, 0.2) is 53.1 Å². The van der Waals surface area contributed by atoms with Gasteiger partial charge >= 0.3 is 6.18 Å². The van der Waals surface area contributed by atoms with Crippen molar-refractivity contribution in [3.8, 4) is 11.4 Å². The van der Waals surface area contributed by atoms with Gasteiger partial charge in [0.2, 0.25) is 17.7 Å². The van der Waals surface area contributed by atoms with Gasteiger partial charge in [0.25, 0.3) is 0 Å². The molecule has 2 aromatic heterocycles. The topological polar surface area (TPSA) is 74.1 Å². The molecule has 1 fully saturated rings. The second-order valence-electron chi connectivity index (χ2n) is 7.78. The highest BCUT2D eigenvalue weighted by molar-refractivity contribution is 5.77. The molecule has 0 aliphatic carbocycles. The molecule has 0 atom stereocenters. The molecule has 32 heavy (non-hydrogen) atoms. The van der Waals surface area contributed by atoms with Crippen molar-refractivity contribution < 1.29 is 17.7 Å². The summed E-state index contributed by atoms with van der Waals surface area (Å²) in [6.45, 7) is 3.72. The maximum atomic E-state index is 13.0. The van der Waals surface area contributed by atoms with Crippen LogP contribution in [0.4, 0.5) is 19.1 Å². The molecule has 1 N–H and O–H groups in total. The van der Waals surface area contributed by atoms with Crippen LogP contribution in [0.1, 0.15) is 17.9 Å². The molecule has 0 radical (unpaired) electrons. The number of H-pyrrole nitrogens is 1. The minimum absolute atomic E-state index is 0.157. The first-order chi connectivity index (χ1) is 15.5. The molecule has 0 unspecified atom stereocenters. The van der Waals surface area contributed by atoms with E-state index in [1.165, 1.54) is 6.07 Å². The largest absolute Gasteiger partial charge is 0.416 e. The number of imidazole rings is 1. The number of fused-ring (bicyclic) bond motifs is 1. The molecule has 3 heterocycles. The molecule has 7 nitrogen and oxygen atoms in total. The number of para-hydroxylation sites is 2. The second-order valence-corrected chi connectivity index (χ2v) is 7.78. The Morgan fingerprint density at radius 2 is 1.84 bits per heavy atom. The van der Waals surface area contributed by atoms with Crippen molar-refractivity contribution in [2.45, 2.75) is 19.1 Å². The Labute approximate surface area is 181 Å². The van der Waals surface area contributed by atoms with E-state index >= 15 is 0 Å². The molecular weight excluding hydrogens is 421 g/mol. The van der Waals surface area contributed by atoms with Crippen molar-refractivity contribution in [2.75, 3.05) is 31.1 Å². The molecule has 5 rings (SSSR count). The van der Waals surface area contributed by atoms with Crippen LogP contribution in [-0.4, -0.2) is 51.2 Å². The van der Waals surface area contributed by atoms with Crippen molar-refractivity contribution in [3.63, 3.8) is 0 Å². The molecule has 10 heteroatoms. The highest BCUT2D eigenvalue weighted by Crippen LogP contribution is 2.31. The van der Waals surface area contributed by atoms with Crippen molar-refractivity contribution in [2.24, 2.45) is 0 Å². The number of nitrogens with zero attached hydrogens (tertiary/aromatic N) is 5. The summed E-state index contributed by atoms with van der Waals surface area (Å²) >= 11 is 0. The predicted octanol–water partition coefficient (Wildman–Crippen LogP) is 4.34. The molecule has 1 saturated heterocycles. The van der Waals surface area contributed by atoms with Crippen molar-refractivity contribution in [1.82, 2.24) is 25.0 Å². The Morgan fingerprint density at radius 3 is 2.69 bits per heavy atom. The highest BCUT2D eigenvalue weighted by Gasteiger charge is 2.31. The maximum Gasteiger partial charge on any atom is 0.416 e. The summed E-state index contributed by atoms with van der Waals surface area (Å²) in [4.78, 5) is 16.8. The normalized spacial score (nSPS) is 15.9. The zero-order chi connectivity index (χ0) is 22.1. The molecule has 2 aromatic carbocycles. The van der Waals surface area contributed by atoms with Gasteiger partial charge < -0.3 is 14.4 Å². The summed E-state index contributed by atoms with van der Waals surface area (Å²) in [5, 5.41) is 3.88. The lowest BCUT2D eigenvalue weighted by atomic mass is 10.1. The minimum atomic E-state index is -4.42. The third kappa shape index (κ3) is 4.31. The third-order valence-corrected chi connectivity index (χ3v) is 5.54. The fourth-order valence-electron chi connectivity index (χ4n) is 3.89. The van der Waals surface area contributed by atoms with E-state index in [0.29, 0.717) is 12.4 Å². The van der Waals surface area contributed by atoms with Crippen LogP contribution < -0.4 is 4.90 Å². The van der Waals surface area contributed by atoms with Gasteiger partial charge in [-0.2, -0.15) is 18.2 Å². The van der Waals surface area contributed by atoms with Crippen LogP contribution in [0.2, 0.25) is 0 Å². The lowest BCUT2D eigenvalue weighted by molar-refractivity contribution is -0.137. The maximum absolute atomic E-state index is 13.0. The van der Waals surface area contributed by atoms with Crippen LogP contribution in [0.3, 0.4) is 0 Å². The van der Waals surface area contributed by atoms with Gasteiger partial charge in [0, 0.05) is 31.7 Å². The molecule has 166 valence electrons. The van der Waals surface area contributed by atoms with Crippen LogP contribution >= 0.6 is 0 Å². The number of aromatic amines is 1. The summed E-state index contributed by atoms with van der Waals surface area (Å²) in [6, 6.07) is 12.9. The van der Waals surface area contributed by atoms with Gasteiger partial charge in [0.1, 0.15) is 0 Å². The van der Waals surface area contributed by atoms with E-state index in [1.54, 1.807) is 6.07 Å². The van der Waals surface area contributed by atoms with Gasteiger partial charge in [-0.1, -0.05) is 29.4 Å². The number of anilines is 1. The molecule has 4 aromatic rings.